The second-order valence-corrected chi connectivity index (χ2v) is 4.66. The van der Waals surface area contributed by atoms with Crippen LogP contribution in [0.4, 0.5) is 0 Å². The summed E-state index contributed by atoms with van der Waals surface area (Å²) in [7, 11) is 1.65. The van der Waals surface area contributed by atoms with Crippen molar-refractivity contribution >= 4 is 21.6 Å². The summed E-state index contributed by atoms with van der Waals surface area (Å²) in [6.45, 7) is 0. The van der Waals surface area contributed by atoms with E-state index in [9.17, 15) is 0 Å². The molecule has 0 aliphatic heterocycles. The van der Waals surface area contributed by atoms with Gasteiger partial charge in [0.2, 0.25) is 0 Å². The largest absolute Gasteiger partial charge is 0.540 e. The van der Waals surface area contributed by atoms with Crippen LogP contribution in [0.2, 0.25) is 0 Å². The van der Waals surface area contributed by atoms with E-state index in [0.29, 0.717) is 0 Å². The molecule has 0 saturated heterocycles. The first-order chi connectivity index (χ1) is 8.36. The van der Waals surface area contributed by atoms with Gasteiger partial charge in [-0.2, -0.15) is 11.3 Å². The molecule has 18 heavy (non-hydrogen) atoms. The Morgan fingerprint density at radius 2 is 2.00 bits per heavy atom. The Kier molecular flexibility index (Phi) is 4.12. The summed E-state index contributed by atoms with van der Waals surface area (Å²) in [5.74, 6) is 0.815. The van der Waals surface area contributed by atoms with Crippen LogP contribution in [0.1, 0.15) is 0 Å². The van der Waals surface area contributed by atoms with Gasteiger partial charge in [-0.3, -0.25) is 4.98 Å². The first-order valence-electron chi connectivity index (χ1n) is 5.28. The van der Waals surface area contributed by atoms with Crippen molar-refractivity contribution in [2.24, 2.45) is 0 Å². The molecule has 3 aromatic rings. The third-order valence-electron chi connectivity index (χ3n) is 2.54. The SMILES string of the molecule is COc1c[c-]c(-c2nc3ccccc3s2)cc1.[Ir]. The van der Waals surface area contributed by atoms with Gasteiger partial charge in [0.05, 0.1) is 12.6 Å². The molecule has 2 nitrogen and oxygen atoms in total. The van der Waals surface area contributed by atoms with Gasteiger partial charge < -0.3 is 4.74 Å². The minimum Gasteiger partial charge on any atom is -0.540 e. The van der Waals surface area contributed by atoms with E-state index in [1.807, 2.05) is 36.4 Å². The fourth-order valence-corrected chi connectivity index (χ4v) is 2.61. The van der Waals surface area contributed by atoms with E-state index in [1.165, 1.54) is 4.70 Å². The average molecular weight is 433 g/mol. The van der Waals surface area contributed by atoms with Crippen molar-refractivity contribution in [3.8, 4) is 16.3 Å². The van der Waals surface area contributed by atoms with Crippen LogP contribution in [0.25, 0.3) is 20.8 Å². The zero-order chi connectivity index (χ0) is 11.7. The molecule has 2 aromatic carbocycles. The Morgan fingerprint density at radius 3 is 2.67 bits per heavy atom. The van der Waals surface area contributed by atoms with Crippen LogP contribution in [-0.2, 0) is 20.1 Å². The number of methoxy groups -OCH3 is 1. The van der Waals surface area contributed by atoms with Crippen molar-refractivity contribution in [3.05, 3.63) is 48.5 Å². The quantitative estimate of drug-likeness (QED) is 0.575. The Bertz CT molecular complexity index is 615. The smallest absolute Gasteiger partial charge is 0.0697 e. The number of para-hydroxylation sites is 1. The topological polar surface area (TPSA) is 22.1 Å². The second kappa shape index (κ2) is 5.61. The van der Waals surface area contributed by atoms with Gasteiger partial charge in [-0.15, -0.1) is 29.8 Å². The number of aromatic nitrogens is 1. The second-order valence-electron chi connectivity index (χ2n) is 3.63. The summed E-state index contributed by atoms with van der Waals surface area (Å²) >= 11 is 1.68. The maximum Gasteiger partial charge on any atom is 0.0697 e. The number of hydrogen-bond donors (Lipinski definition) is 0. The van der Waals surface area contributed by atoms with Crippen molar-refractivity contribution in [3.63, 3.8) is 0 Å². The van der Waals surface area contributed by atoms with Crippen LogP contribution in [0.5, 0.6) is 5.75 Å². The first kappa shape index (κ1) is 13.2. The third-order valence-corrected chi connectivity index (χ3v) is 3.61. The van der Waals surface area contributed by atoms with E-state index in [-0.39, 0.29) is 20.1 Å². The standard InChI is InChI=1S/C14H10NOS.Ir/c1-16-11-8-6-10(7-9-11)14-15-12-4-2-3-5-13(12)17-14;/h2-6,8-9H,1H3;/q-1;. The van der Waals surface area contributed by atoms with Crippen molar-refractivity contribution in [1.29, 1.82) is 0 Å². The number of hydrogen-bond acceptors (Lipinski definition) is 3. The van der Waals surface area contributed by atoms with E-state index in [1.54, 1.807) is 18.4 Å². The van der Waals surface area contributed by atoms with E-state index < -0.39 is 0 Å². The van der Waals surface area contributed by atoms with Crippen LogP contribution in [0.3, 0.4) is 0 Å². The fraction of sp³-hybridized carbons (Fsp3) is 0.0714. The molecule has 0 unspecified atom stereocenters. The van der Waals surface area contributed by atoms with Crippen LogP contribution < -0.4 is 4.74 Å². The van der Waals surface area contributed by atoms with Crippen LogP contribution in [-0.4, -0.2) is 12.1 Å². The van der Waals surface area contributed by atoms with E-state index in [2.05, 4.69) is 17.1 Å². The predicted molar refractivity (Wildman–Crippen MR) is 70.4 cm³/mol. The minimum atomic E-state index is 0. The van der Waals surface area contributed by atoms with Gasteiger partial charge in [0, 0.05) is 35.6 Å². The molecule has 3 rings (SSSR count). The minimum absolute atomic E-state index is 0. The van der Waals surface area contributed by atoms with Gasteiger partial charge in [-0.05, 0) is 12.1 Å². The molecule has 1 aromatic heterocycles. The number of ether oxygens (including phenoxy) is 1. The Hall–Kier alpha value is -1.22. The molecule has 0 atom stereocenters. The molecule has 0 bridgehead atoms. The zero-order valence-corrected chi connectivity index (χ0v) is 12.9. The Labute approximate surface area is 123 Å². The molecule has 0 spiro atoms. The van der Waals surface area contributed by atoms with Crippen LogP contribution in [0, 0.1) is 6.07 Å². The predicted octanol–water partition coefficient (Wildman–Crippen LogP) is 3.77. The van der Waals surface area contributed by atoms with Gasteiger partial charge in [0.1, 0.15) is 0 Å². The summed E-state index contributed by atoms with van der Waals surface area (Å²) in [6, 6.07) is 17.1. The van der Waals surface area contributed by atoms with E-state index >= 15 is 0 Å². The van der Waals surface area contributed by atoms with E-state index in [0.717, 1.165) is 21.8 Å². The summed E-state index contributed by atoms with van der Waals surface area (Å²) in [6.07, 6.45) is 0. The molecular weight excluding hydrogens is 422 g/mol. The van der Waals surface area contributed by atoms with Crippen molar-refractivity contribution < 1.29 is 24.8 Å². The van der Waals surface area contributed by atoms with Gasteiger partial charge in [0.15, 0.2) is 0 Å². The molecule has 0 aliphatic carbocycles. The number of rotatable bonds is 2. The number of benzene rings is 2. The summed E-state index contributed by atoms with van der Waals surface area (Å²) in [5.41, 5.74) is 2.05. The molecule has 0 saturated carbocycles. The molecule has 4 heteroatoms. The molecule has 1 heterocycles. The number of fused-ring (bicyclic) bond motifs is 1. The molecule has 0 fully saturated rings. The maximum atomic E-state index is 5.12. The van der Waals surface area contributed by atoms with Gasteiger partial charge in [0.25, 0.3) is 0 Å². The zero-order valence-electron chi connectivity index (χ0n) is 9.64. The van der Waals surface area contributed by atoms with E-state index in [4.69, 9.17) is 4.74 Å². The molecule has 0 N–H and O–H groups in total. The molecule has 93 valence electrons. The monoisotopic (exact) mass is 433 g/mol. The van der Waals surface area contributed by atoms with Gasteiger partial charge in [-0.25, -0.2) is 0 Å². The third kappa shape index (κ3) is 2.46. The first-order valence-corrected chi connectivity index (χ1v) is 6.10. The van der Waals surface area contributed by atoms with Crippen LogP contribution >= 0.6 is 11.3 Å². The van der Waals surface area contributed by atoms with Crippen molar-refractivity contribution in [1.82, 2.24) is 4.98 Å². The molecule has 1 radical (unpaired) electrons. The number of thiazole rings is 1. The molecule has 0 amide bonds. The van der Waals surface area contributed by atoms with Crippen molar-refractivity contribution in [2.75, 3.05) is 7.11 Å². The van der Waals surface area contributed by atoms with Crippen LogP contribution in [0.15, 0.2) is 42.5 Å². The fourth-order valence-electron chi connectivity index (χ4n) is 1.66. The normalized spacial score (nSPS) is 10.1. The average Bonchev–Trinajstić information content (AvgIpc) is 2.82. The van der Waals surface area contributed by atoms with Gasteiger partial charge in [-0.1, -0.05) is 12.1 Å². The maximum absolute atomic E-state index is 5.12. The summed E-state index contributed by atoms with van der Waals surface area (Å²) in [5, 5.41) is 0.994. The Morgan fingerprint density at radius 1 is 1.17 bits per heavy atom. The number of nitrogens with zero attached hydrogens (tertiary/aromatic N) is 1. The molecule has 0 aliphatic rings. The van der Waals surface area contributed by atoms with Crippen molar-refractivity contribution in [2.45, 2.75) is 0 Å². The molecular formula is C14H10IrNOS-. The summed E-state index contributed by atoms with van der Waals surface area (Å²) < 4.78 is 6.32. The Balaban J connectivity index is 0.00000120. The van der Waals surface area contributed by atoms with Gasteiger partial charge >= 0.3 is 0 Å². The summed E-state index contributed by atoms with van der Waals surface area (Å²) in [4.78, 5) is 4.58.